The number of aliphatic hydroxyl groups is 3. The molecule has 0 aliphatic heterocycles. The molecule has 2 aromatic rings. The van der Waals surface area contributed by atoms with E-state index in [4.69, 9.17) is 14.9 Å². The Balaban J connectivity index is 2.45. The van der Waals surface area contributed by atoms with Crippen LogP contribution in [-0.2, 0) is 4.74 Å². The van der Waals surface area contributed by atoms with Crippen molar-refractivity contribution >= 4 is 11.2 Å². The molecular formula is C10H14N4O6. The highest BCUT2D eigenvalue weighted by Crippen LogP contribution is 2.15. The molecule has 1 atom stereocenters. The zero-order valence-electron chi connectivity index (χ0n) is 10.3. The number of imidazole rings is 1. The Morgan fingerprint density at radius 1 is 1.20 bits per heavy atom. The Hall–Kier alpha value is -2.01. The molecule has 110 valence electrons. The van der Waals surface area contributed by atoms with E-state index in [9.17, 15) is 14.7 Å². The molecule has 10 heteroatoms. The summed E-state index contributed by atoms with van der Waals surface area (Å²) in [5.41, 5.74) is -1.33. The largest absolute Gasteiger partial charge is 0.394 e. The van der Waals surface area contributed by atoms with Crippen LogP contribution in [0.5, 0.6) is 0 Å². The summed E-state index contributed by atoms with van der Waals surface area (Å²) >= 11 is 0. The zero-order valence-corrected chi connectivity index (χ0v) is 10.3. The lowest BCUT2D eigenvalue weighted by atomic mass is 10.4. The van der Waals surface area contributed by atoms with Crippen molar-refractivity contribution < 1.29 is 20.1 Å². The van der Waals surface area contributed by atoms with E-state index in [2.05, 4.69) is 9.97 Å². The lowest BCUT2D eigenvalue weighted by molar-refractivity contribution is -0.110. The van der Waals surface area contributed by atoms with Gasteiger partial charge in [-0.25, -0.2) is 9.78 Å². The van der Waals surface area contributed by atoms with Crippen molar-refractivity contribution in [3.63, 3.8) is 0 Å². The topological polar surface area (TPSA) is 153 Å². The Morgan fingerprint density at radius 2 is 1.90 bits per heavy atom. The molecule has 0 radical (unpaired) electrons. The van der Waals surface area contributed by atoms with Crippen LogP contribution in [0, 0.1) is 0 Å². The second kappa shape index (κ2) is 5.96. The Labute approximate surface area is 111 Å². The third-order valence-electron chi connectivity index (χ3n) is 2.69. The molecule has 10 nitrogen and oxygen atoms in total. The van der Waals surface area contributed by atoms with E-state index in [-0.39, 0.29) is 11.2 Å². The number of hydrogen-bond donors (Lipinski definition) is 5. The molecule has 2 aromatic heterocycles. The number of nitrogens with zero attached hydrogens (tertiary/aromatic N) is 2. The smallest absolute Gasteiger partial charge is 0.327 e. The van der Waals surface area contributed by atoms with Crippen LogP contribution in [0.4, 0.5) is 0 Å². The zero-order chi connectivity index (χ0) is 14.7. The third kappa shape index (κ3) is 2.63. The molecule has 0 aromatic carbocycles. The van der Waals surface area contributed by atoms with Crippen LogP contribution in [0.3, 0.4) is 0 Å². The first-order chi connectivity index (χ1) is 9.60. The molecule has 0 saturated carbocycles. The van der Waals surface area contributed by atoms with E-state index in [1.165, 1.54) is 10.9 Å². The van der Waals surface area contributed by atoms with Crippen LogP contribution in [0.2, 0.25) is 0 Å². The van der Waals surface area contributed by atoms with Gasteiger partial charge in [-0.3, -0.25) is 19.3 Å². The van der Waals surface area contributed by atoms with Gasteiger partial charge in [-0.15, -0.1) is 0 Å². The molecule has 0 spiro atoms. The predicted octanol–water partition coefficient (Wildman–Crippen LogP) is -2.73. The Morgan fingerprint density at radius 3 is 2.50 bits per heavy atom. The van der Waals surface area contributed by atoms with E-state index >= 15 is 0 Å². The molecule has 2 heterocycles. The molecule has 0 aliphatic carbocycles. The number of H-pyrrole nitrogens is 2. The van der Waals surface area contributed by atoms with Gasteiger partial charge in [-0.1, -0.05) is 0 Å². The molecule has 0 aliphatic rings. The minimum Gasteiger partial charge on any atom is -0.394 e. The van der Waals surface area contributed by atoms with Gasteiger partial charge in [0.1, 0.15) is 11.8 Å². The number of nitrogens with one attached hydrogen (secondary N) is 2. The first-order valence-electron chi connectivity index (χ1n) is 5.77. The first kappa shape index (κ1) is 14.4. The molecular weight excluding hydrogens is 272 g/mol. The summed E-state index contributed by atoms with van der Waals surface area (Å²) in [6.45, 7) is -1.40. The van der Waals surface area contributed by atoms with Crippen molar-refractivity contribution in [2.24, 2.45) is 0 Å². The van der Waals surface area contributed by atoms with Crippen molar-refractivity contribution in [1.82, 2.24) is 19.5 Å². The lowest BCUT2D eigenvalue weighted by Crippen LogP contribution is -2.29. The summed E-state index contributed by atoms with van der Waals surface area (Å²) in [6, 6.07) is 0. The van der Waals surface area contributed by atoms with Crippen molar-refractivity contribution in [3.8, 4) is 0 Å². The summed E-state index contributed by atoms with van der Waals surface area (Å²) in [6.07, 6.45) is -0.706. The molecule has 0 bridgehead atoms. The van der Waals surface area contributed by atoms with Crippen LogP contribution >= 0.6 is 0 Å². The number of hydrogen-bond acceptors (Lipinski definition) is 7. The highest BCUT2D eigenvalue weighted by molar-refractivity contribution is 5.68. The fourth-order valence-electron chi connectivity index (χ4n) is 1.73. The highest BCUT2D eigenvalue weighted by atomic mass is 16.5. The van der Waals surface area contributed by atoms with Gasteiger partial charge < -0.3 is 20.1 Å². The average molecular weight is 286 g/mol. The first-order valence-corrected chi connectivity index (χ1v) is 5.77. The maximum absolute atomic E-state index is 11.5. The molecule has 0 fully saturated rings. The molecule has 2 rings (SSSR count). The van der Waals surface area contributed by atoms with Gasteiger partial charge in [-0.05, 0) is 0 Å². The quantitative estimate of drug-likeness (QED) is 0.386. The summed E-state index contributed by atoms with van der Waals surface area (Å²) in [7, 11) is 0. The minimum atomic E-state index is -1.01. The van der Waals surface area contributed by atoms with Gasteiger partial charge in [-0.2, -0.15) is 0 Å². The fraction of sp³-hybridized carbons (Fsp3) is 0.500. The molecule has 20 heavy (non-hydrogen) atoms. The summed E-state index contributed by atoms with van der Waals surface area (Å²) in [4.78, 5) is 31.0. The standard InChI is InChI=1S/C10H14N4O6/c15-1-5(2-16)20-6(3-17)14-4-11-7-8(14)12-10(19)13-9(7)18/h4-6,15-17H,1-3H2,(H2,12,13,18,19)/t6-/m1/s1. The van der Waals surface area contributed by atoms with Crippen molar-refractivity contribution in [2.45, 2.75) is 12.3 Å². The van der Waals surface area contributed by atoms with Gasteiger partial charge in [0.25, 0.3) is 5.56 Å². The van der Waals surface area contributed by atoms with Crippen LogP contribution in [-0.4, -0.2) is 60.8 Å². The molecule has 0 saturated heterocycles. The van der Waals surface area contributed by atoms with E-state index in [0.717, 1.165) is 0 Å². The number of aromatic nitrogens is 4. The van der Waals surface area contributed by atoms with Crippen LogP contribution in [0.15, 0.2) is 15.9 Å². The number of rotatable bonds is 6. The van der Waals surface area contributed by atoms with Crippen molar-refractivity contribution in [3.05, 3.63) is 27.2 Å². The van der Waals surface area contributed by atoms with Gasteiger partial charge in [0, 0.05) is 0 Å². The van der Waals surface area contributed by atoms with Gasteiger partial charge in [0.2, 0.25) is 0 Å². The Kier molecular flexibility index (Phi) is 4.29. The maximum atomic E-state index is 11.5. The number of fused-ring (bicyclic) bond motifs is 1. The maximum Gasteiger partial charge on any atom is 0.327 e. The normalized spacial score (nSPS) is 13.2. The highest BCUT2D eigenvalue weighted by Gasteiger charge is 2.20. The summed E-state index contributed by atoms with van der Waals surface area (Å²) in [5, 5.41) is 27.3. The van der Waals surface area contributed by atoms with E-state index in [1.54, 1.807) is 0 Å². The second-order valence-electron chi connectivity index (χ2n) is 4.02. The number of ether oxygens (including phenoxy) is 1. The van der Waals surface area contributed by atoms with Crippen LogP contribution < -0.4 is 11.2 Å². The van der Waals surface area contributed by atoms with Gasteiger partial charge >= 0.3 is 5.69 Å². The monoisotopic (exact) mass is 286 g/mol. The van der Waals surface area contributed by atoms with Crippen molar-refractivity contribution in [2.75, 3.05) is 19.8 Å². The molecule has 0 amide bonds. The van der Waals surface area contributed by atoms with E-state index < -0.39 is 43.4 Å². The Bertz CT molecular complexity index is 685. The van der Waals surface area contributed by atoms with Crippen LogP contribution in [0.25, 0.3) is 11.2 Å². The van der Waals surface area contributed by atoms with E-state index in [0.29, 0.717) is 0 Å². The summed E-state index contributed by atoms with van der Waals surface area (Å²) < 4.78 is 6.51. The predicted molar refractivity (Wildman–Crippen MR) is 66.1 cm³/mol. The van der Waals surface area contributed by atoms with Crippen molar-refractivity contribution in [1.29, 1.82) is 0 Å². The SMILES string of the molecule is O=c1[nH]c(=O)c2ncn([C@@H](CO)OC(CO)CO)c2[nH]1. The van der Waals surface area contributed by atoms with Gasteiger partial charge in [0.05, 0.1) is 26.1 Å². The minimum absolute atomic E-state index is 0.0174. The van der Waals surface area contributed by atoms with Gasteiger partial charge in [0.15, 0.2) is 11.7 Å². The molecule has 5 N–H and O–H groups in total. The van der Waals surface area contributed by atoms with E-state index in [1.807, 2.05) is 4.98 Å². The molecule has 0 unspecified atom stereocenters. The third-order valence-corrected chi connectivity index (χ3v) is 2.69. The average Bonchev–Trinajstić information content (AvgIpc) is 2.84. The number of aliphatic hydroxyl groups excluding tert-OH is 3. The fourth-order valence-corrected chi connectivity index (χ4v) is 1.73. The lowest BCUT2D eigenvalue weighted by Gasteiger charge is -2.22. The van der Waals surface area contributed by atoms with Crippen LogP contribution in [0.1, 0.15) is 6.23 Å². The second-order valence-corrected chi connectivity index (χ2v) is 4.02. The summed E-state index contributed by atoms with van der Waals surface area (Å²) in [5.74, 6) is 0. The number of aromatic amines is 2.